The van der Waals surface area contributed by atoms with E-state index in [1.807, 2.05) is 0 Å². The third-order valence-corrected chi connectivity index (χ3v) is 3.82. The van der Waals surface area contributed by atoms with E-state index in [1.54, 1.807) is 6.20 Å². The van der Waals surface area contributed by atoms with Gasteiger partial charge in [-0.2, -0.15) is 0 Å². The Bertz CT molecular complexity index is 328. The van der Waals surface area contributed by atoms with E-state index in [4.69, 9.17) is 16.3 Å². The smallest absolute Gasteiger partial charge is 0.113 e. The number of ether oxygens (including phenoxy) is 1. The fourth-order valence-electron chi connectivity index (χ4n) is 1.74. The number of hydrogen-bond donors (Lipinski definition) is 2. The lowest BCUT2D eigenvalue weighted by molar-refractivity contribution is 0.104. The van der Waals surface area contributed by atoms with Crippen LogP contribution < -0.4 is 5.32 Å². The molecule has 2 heterocycles. The van der Waals surface area contributed by atoms with Crippen molar-refractivity contribution < 1.29 is 9.84 Å². The van der Waals surface area contributed by atoms with Crippen LogP contribution in [0.4, 0.5) is 0 Å². The Labute approximate surface area is 104 Å². The summed E-state index contributed by atoms with van der Waals surface area (Å²) >= 11 is 7.20. The van der Waals surface area contributed by atoms with Gasteiger partial charge in [0.05, 0.1) is 24.9 Å². The number of rotatable bonds is 5. The molecule has 1 aliphatic heterocycles. The van der Waals surface area contributed by atoms with Gasteiger partial charge in [0.25, 0.3) is 0 Å². The molecule has 1 aliphatic rings. The van der Waals surface area contributed by atoms with Gasteiger partial charge >= 0.3 is 0 Å². The zero-order valence-electron chi connectivity index (χ0n) is 8.86. The van der Waals surface area contributed by atoms with Gasteiger partial charge in [0, 0.05) is 13.2 Å². The van der Waals surface area contributed by atoms with E-state index >= 15 is 0 Å². The maximum Gasteiger partial charge on any atom is 0.113 e. The molecular weight excluding hydrogens is 248 g/mol. The molecule has 2 unspecified atom stereocenters. The number of aliphatic hydroxyl groups is 1. The Hall–Kier alpha value is -0.200. The summed E-state index contributed by atoms with van der Waals surface area (Å²) in [5.41, 5.74) is 0. The second-order valence-corrected chi connectivity index (χ2v) is 5.47. The summed E-state index contributed by atoms with van der Waals surface area (Å²) in [4.78, 5) is 4.16. The molecule has 0 spiro atoms. The van der Waals surface area contributed by atoms with Crippen LogP contribution in [0.15, 0.2) is 6.20 Å². The Morgan fingerprint density at radius 1 is 1.75 bits per heavy atom. The van der Waals surface area contributed by atoms with E-state index in [0.29, 0.717) is 4.34 Å². The third kappa shape index (κ3) is 3.15. The van der Waals surface area contributed by atoms with Crippen LogP contribution in [0.3, 0.4) is 0 Å². The van der Waals surface area contributed by atoms with Crippen molar-refractivity contribution in [3.05, 3.63) is 15.5 Å². The molecule has 90 valence electrons. The molecule has 1 aromatic rings. The number of thiazole rings is 1. The van der Waals surface area contributed by atoms with Crippen molar-refractivity contribution >= 4 is 22.9 Å². The monoisotopic (exact) mass is 262 g/mol. The molecule has 0 aromatic carbocycles. The SMILES string of the molecule is OCC(NCC1CCCO1)c1ncc(Cl)s1. The fraction of sp³-hybridized carbons (Fsp3) is 0.700. The van der Waals surface area contributed by atoms with Crippen molar-refractivity contribution in [3.8, 4) is 0 Å². The summed E-state index contributed by atoms with van der Waals surface area (Å²) in [5, 5.41) is 13.4. The lowest BCUT2D eigenvalue weighted by Gasteiger charge is -2.16. The molecule has 0 saturated carbocycles. The summed E-state index contributed by atoms with van der Waals surface area (Å²) < 4.78 is 6.15. The molecule has 6 heteroatoms. The molecular formula is C10H15ClN2O2S. The zero-order valence-corrected chi connectivity index (χ0v) is 10.4. The average molecular weight is 263 g/mol. The highest BCUT2D eigenvalue weighted by Gasteiger charge is 2.19. The largest absolute Gasteiger partial charge is 0.394 e. The first-order valence-corrected chi connectivity index (χ1v) is 6.56. The van der Waals surface area contributed by atoms with Crippen molar-refractivity contribution in [2.75, 3.05) is 19.8 Å². The molecule has 2 rings (SSSR count). The summed E-state index contributed by atoms with van der Waals surface area (Å²) in [7, 11) is 0. The summed E-state index contributed by atoms with van der Waals surface area (Å²) in [5.74, 6) is 0. The molecule has 2 N–H and O–H groups in total. The fourth-order valence-corrected chi connectivity index (χ4v) is 2.73. The van der Waals surface area contributed by atoms with E-state index < -0.39 is 0 Å². The van der Waals surface area contributed by atoms with E-state index in [9.17, 15) is 5.11 Å². The molecule has 0 radical (unpaired) electrons. The lowest BCUT2D eigenvalue weighted by Crippen LogP contribution is -2.31. The molecule has 1 saturated heterocycles. The van der Waals surface area contributed by atoms with Gasteiger partial charge in [0.1, 0.15) is 9.34 Å². The predicted molar refractivity (Wildman–Crippen MR) is 63.9 cm³/mol. The van der Waals surface area contributed by atoms with Gasteiger partial charge in [0.2, 0.25) is 0 Å². The quantitative estimate of drug-likeness (QED) is 0.846. The average Bonchev–Trinajstić information content (AvgIpc) is 2.91. The van der Waals surface area contributed by atoms with Crippen LogP contribution in [-0.2, 0) is 4.74 Å². The molecule has 0 bridgehead atoms. The first-order valence-electron chi connectivity index (χ1n) is 5.36. The van der Waals surface area contributed by atoms with Crippen LogP contribution in [0.5, 0.6) is 0 Å². The van der Waals surface area contributed by atoms with Crippen LogP contribution in [0, 0.1) is 0 Å². The molecule has 0 aliphatic carbocycles. The second-order valence-electron chi connectivity index (χ2n) is 3.78. The van der Waals surface area contributed by atoms with Crippen molar-refractivity contribution in [3.63, 3.8) is 0 Å². The highest BCUT2D eigenvalue weighted by molar-refractivity contribution is 7.15. The lowest BCUT2D eigenvalue weighted by atomic mass is 10.2. The summed E-state index contributed by atoms with van der Waals surface area (Å²) in [6.45, 7) is 1.62. The van der Waals surface area contributed by atoms with Gasteiger partial charge in [-0.15, -0.1) is 11.3 Å². The standard InChI is InChI=1S/C10H15ClN2O2S/c11-9-5-13-10(16-9)8(6-14)12-4-7-2-1-3-15-7/h5,7-8,12,14H,1-4,6H2. The summed E-state index contributed by atoms with van der Waals surface area (Å²) in [6, 6.07) is -0.137. The normalized spacial score (nSPS) is 22.5. The number of nitrogens with zero attached hydrogens (tertiary/aromatic N) is 1. The number of hydrogen-bond acceptors (Lipinski definition) is 5. The number of aliphatic hydroxyl groups excluding tert-OH is 1. The maximum absolute atomic E-state index is 9.28. The molecule has 0 amide bonds. The van der Waals surface area contributed by atoms with E-state index in [2.05, 4.69) is 10.3 Å². The first kappa shape index (κ1) is 12.3. The van der Waals surface area contributed by atoms with E-state index in [-0.39, 0.29) is 18.8 Å². The van der Waals surface area contributed by atoms with Crippen molar-refractivity contribution in [1.29, 1.82) is 0 Å². The van der Waals surface area contributed by atoms with Crippen LogP contribution in [0.25, 0.3) is 0 Å². The first-order chi connectivity index (χ1) is 7.79. The van der Waals surface area contributed by atoms with Gasteiger partial charge in [-0.05, 0) is 12.8 Å². The highest BCUT2D eigenvalue weighted by atomic mass is 35.5. The number of nitrogens with one attached hydrogen (secondary N) is 1. The minimum absolute atomic E-state index is 0.0244. The Morgan fingerprint density at radius 2 is 2.62 bits per heavy atom. The third-order valence-electron chi connectivity index (χ3n) is 2.59. The molecule has 16 heavy (non-hydrogen) atoms. The zero-order chi connectivity index (χ0) is 11.4. The van der Waals surface area contributed by atoms with Crippen LogP contribution in [0.1, 0.15) is 23.9 Å². The van der Waals surface area contributed by atoms with Crippen molar-refractivity contribution in [1.82, 2.24) is 10.3 Å². The molecule has 1 aromatic heterocycles. The van der Waals surface area contributed by atoms with Gasteiger partial charge in [-0.3, -0.25) is 0 Å². The van der Waals surface area contributed by atoms with Crippen LogP contribution >= 0.6 is 22.9 Å². The Balaban J connectivity index is 1.85. The van der Waals surface area contributed by atoms with Crippen molar-refractivity contribution in [2.45, 2.75) is 25.0 Å². The second kappa shape index (κ2) is 5.93. The molecule has 2 atom stereocenters. The van der Waals surface area contributed by atoms with Gasteiger partial charge in [0.15, 0.2) is 0 Å². The maximum atomic E-state index is 9.28. The van der Waals surface area contributed by atoms with Crippen LogP contribution in [0.2, 0.25) is 4.34 Å². The number of halogens is 1. The predicted octanol–water partition coefficient (Wildman–Crippen LogP) is 1.60. The van der Waals surface area contributed by atoms with E-state index in [1.165, 1.54) is 11.3 Å². The van der Waals surface area contributed by atoms with E-state index in [0.717, 1.165) is 31.0 Å². The van der Waals surface area contributed by atoms with Crippen LogP contribution in [-0.4, -0.2) is 36.0 Å². The molecule has 1 fully saturated rings. The summed E-state index contributed by atoms with van der Waals surface area (Å²) in [6.07, 6.45) is 4.09. The minimum atomic E-state index is -0.137. The highest BCUT2D eigenvalue weighted by Crippen LogP contribution is 2.24. The van der Waals surface area contributed by atoms with Gasteiger partial charge < -0.3 is 15.2 Å². The number of aromatic nitrogens is 1. The Kier molecular flexibility index (Phi) is 4.55. The topological polar surface area (TPSA) is 54.4 Å². The van der Waals surface area contributed by atoms with Gasteiger partial charge in [-0.25, -0.2) is 4.98 Å². The molecule has 4 nitrogen and oxygen atoms in total. The Morgan fingerprint density at radius 3 is 3.19 bits per heavy atom. The van der Waals surface area contributed by atoms with Crippen molar-refractivity contribution in [2.24, 2.45) is 0 Å². The minimum Gasteiger partial charge on any atom is -0.394 e. The van der Waals surface area contributed by atoms with Gasteiger partial charge in [-0.1, -0.05) is 11.6 Å².